The standard InChI is InChI=1S/C8H13NO6/c1-4(7(12)13)3-9-5(8(14)15)2-6(10)11/h4-5,9H,2-3H2,1H3,(H,10,11)(H,12,13)(H,14,15)/t4?,5-/m0/s1. The fourth-order valence-corrected chi connectivity index (χ4v) is 0.828. The largest absolute Gasteiger partial charge is 0.481 e. The SMILES string of the molecule is CC(CN[C@@H](CC(=O)O)C(=O)O)C(=O)O. The lowest BCUT2D eigenvalue weighted by atomic mass is 10.1. The Morgan fingerprint density at radius 1 is 1.13 bits per heavy atom. The van der Waals surface area contributed by atoms with Crippen molar-refractivity contribution in [3.8, 4) is 0 Å². The lowest BCUT2D eigenvalue weighted by molar-refractivity contribution is -0.146. The summed E-state index contributed by atoms with van der Waals surface area (Å²) >= 11 is 0. The maximum absolute atomic E-state index is 10.5. The molecule has 15 heavy (non-hydrogen) atoms. The molecule has 0 spiro atoms. The molecule has 0 aromatic rings. The highest BCUT2D eigenvalue weighted by molar-refractivity contribution is 5.80. The summed E-state index contributed by atoms with van der Waals surface area (Å²) in [4.78, 5) is 31.2. The average Bonchev–Trinajstić information content (AvgIpc) is 2.10. The van der Waals surface area contributed by atoms with Gasteiger partial charge in [0.05, 0.1) is 12.3 Å². The lowest BCUT2D eigenvalue weighted by Gasteiger charge is -2.13. The minimum absolute atomic E-state index is 0.0837. The smallest absolute Gasteiger partial charge is 0.321 e. The summed E-state index contributed by atoms with van der Waals surface area (Å²) in [5.74, 6) is -4.39. The number of hydrogen-bond donors (Lipinski definition) is 4. The summed E-state index contributed by atoms with van der Waals surface area (Å²) in [5, 5.41) is 27.9. The van der Waals surface area contributed by atoms with Crippen LogP contribution in [0.2, 0.25) is 0 Å². The van der Waals surface area contributed by atoms with Crippen molar-refractivity contribution >= 4 is 17.9 Å². The Kier molecular flexibility index (Phi) is 5.32. The number of carboxylic acids is 3. The van der Waals surface area contributed by atoms with Crippen LogP contribution in [0.4, 0.5) is 0 Å². The Balaban J connectivity index is 4.13. The van der Waals surface area contributed by atoms with Crippen molar-refractivity contribution in [2.24, 2.45) is 5.92 Å². The normalized spacial score (nSPS) is 14.2. The highest BCUT2D eigenvalue weighted by Crippen LogP contribution is 1.97. The molecule has 0 amide bonds. The van der Waals surface area contributed by atoms with Gasteiger partial charge in [-0.15, -0.1) is 0 Å². The molecule has 1 unspecified atom stereocenters. The predicted molar refractivity (Wildman–Crippen MR) is 48.5 cm³/mol. The van der Waals surface area contributed by atoms with Crippen molar-refractivity contribution in [2.45, 2.75) is 19.4 Å². The Bertz CT molecular complexity index is 264. The van der Waals surface area contributed by atoms with E-state index in [4.69, 9.17) is 15.3 Å². The van der Waals surface area contributed by atoms with Crippen molar-refractivity contribution in [1.29, 1.82) is 0 Å². The second-order valence-electron chi connectivity index (χ2n) is 3.14. The van der Waals surface area contributed by atoms with Gasteiger partial charge in [0.15, 0.2) is 0 Å². The van der Waals surface area contributed by atoms with Gasteiger partial charge in [-0.25, -0.2) is 0 Å². The first-order valence-electron chi connectivity index (χ1n) is 4.25. The van der Waals surface area contributed by atoms with Crippen LogP contribution in [0, 0.1) is 5.92 Å². The molecule has 0 saturated carbocycles. The van der Waals surface area contributed by atoms with E-state index in [-0.39, 0.29) is 6.54 Å². The summed E-state index contributed by atoms with van der Waals surface area (Å²) < 4.78 is 0. The Hall–Kier alpha value is -1.63. The Morgan fingerprint density at radius 2 is 1.67 bits per heavy atom. The Morgan fingerprint density at radius 3 is 2.00 bits per heavy atom. The number of nitrogens with one attached hydrogen (secondary N) is 1. The van der Waals surface area contributed by atoms with Crippen molar-refractivity contribution in [2.75, 3.05) is 6.54 Å². The summed E-state index contributed by atoms with van der Waals surface area (Å²) in [7, 11) is 0. The molecule has 0 radical (unpaired) electrons. The van der Waals surface area contributed by atoms with Gasteiger partial charge >= 0.3 is 17.9 Å². The van der Waals surface area contributed by atoms with Gasteiger partial charge in [0.2, 0.25) is 0 Å². The highest BCUT2D eigenvalue weighted by atomic mass is 16.4. The molecule has 0 fully saturated rings. The molecule has 2 atom stereocenters. The van der Waals surface area contributed by atoms with E-state index in [1.807, 2.05) is 0 Å². The van der Waals surface area contributed by atoms with Crippen molar-refractivity contribution in [1.82, 2.24) is 5.32 Å². The van der Waals surface area contributed by atoms with E-state index in [9.17, 15) is 14.4 Å². The molecular weight excluding hydrogens is 206 g/mol. The van der Waals surface area contributed by atoms with Crippen LogP contribution >= 0.6 is 0 Å². The number of aliphatic carboxylic acids is 3. The fourth-order valence-electron chi connectivity index (χ4n) is 0.828. The van der Waals surface area contributed by atoms with E-state index >= 15 is 0 Å². The molecule has 0 aliphatic heterocycles. The van der Waals surface area contributed by atoms with Gasteiger partial charge in [-0.1, -0.05) is 6.92 Å². The lowest BCUT2D eigenvalue weighted by Crippen LogP contribution is -2.41. The van der Waals surface area contributed by atoms with Crippen molar-refractivity contribution in [3.63, 3.8) is 0 Å². The van der Waals surface area contributed by atoms with Gasteiger partial charge in [-0.05, 0) is 0 Å². The predicted octanol–water partition coefficient (Wildman–Crippen LogP) is -0.775. The van der Waals surface area contributed by atoms with Gasteiger partial charge in [0.1, 0.15) is 6.04 Å². The number of carboxylic acid groups (broad SMARTS) is 3. The molecule has 7 heteroatoms. The van der Waals surface area contributed by atoms with Gasteiger partial charge < -0.3 is 20.6 Å². The minimum atomic E-state index is -1.31. The summed E-state index contributed by atoms with van der Waals surface area (Å²) in [6.45, 7) is 1.31. The van der Waals surface area contributed by atoms with Gasteiger partial charge in [-0.3, -0.25) is 14.4 Å². The fraction of sp³-hybridized carbons (Fsp3) is 0.625. The quantitative estimate of drug-likeness (QED) is 0.443. The zero-order valence-corrected chi connectivity index (χ0v) is 8.14. The zero-order valence-electron chi connectivity index (χ0n) is 8.14. The third kappa shape index (κ3) is 5.63. The number of hydrogen-bond acceptors (Lipinski definition) is 4. The molecule has 86 valence electrons. The van der Waals surface area contributed by atoms with Crippen LogP contribution in [0.5, 0.6) is 0 Å². The third-order valence-corrected chi connectivity index (χ3v) is 1.77. The first kappa shape index (κ1) is 13.4. The molecule has 0 aliphatic carbocycles. The highest BCUT2D eigenvalue weighted by Gasteiger charge is 2.22. The van der Waals surface area contributed by atoms with Crippen molar-refractivity contribution < 1.29 is 29.7 Å². The monoisotopic (exact) mass is 219 g/mol. The van der Waals surface area contributed by atoms with E-state index in [0.717, 1.165) is 0 Å². The summed E-state index contributed by atoms with van der Waals surface area (Å²) in [6, 6.07) is -1.26. The zero-order chi connectivity index (χ0) is 12.0. The first-order valence-corrected chi connectivity index (χ1v) is 4.25. The molecule has 0 rings (SSSR count). The van der Waals surface area contributed by atoms with Crippen LogP contribution in [0.1, 0.15) is 13.3 Å². The molecule has 0 saturated heterocycles. The van der Waals surface area contributed by atoms with Gasteiger partial charge in [-0.2, -0.15) is 0 Å². The van der Waals surface area contributed by atoms with E-state index in [1.54, 1.807) is 0 Å². The molecule has 4 N–H and O–H groups in total. The first-order chi connectivity index (χ1) is 6.84. The molecule has 0 heterocycles. The van der Waals surface area contributed by atoms with E-state index in [0.29, 0.717) is 0 Å². The molecule has 7 nitrogen and oxygen atoms in total. The maximum Gasteiger partial charge on any atom is 0.321 e. The second kappa shape index (κ2) is 5.97. The molecule has 0 bridgehead atoms. The third-order valence-electron chi connectivity index (χ3n) is 1.77. The van der Waals surface area contributed by atoms with E-state index in [2.05, 4.69) is 5.32 Å². The van der Waals surface area contributed by atoms with Gasteiger partial charge in [0, 0.05) is 6.54 Å². The summed E-state index contributed by atoms with van der Waals surface area (Å²) in [6.07, 6.45) is -0.582. The van der Waals surface area contributed by atoms with E-state index in [1.165, 1.54) is 6.92 Å². The molecule has 0 aromatic carbocycles. The van der Waals surface area contributed by atoms with Crippen LogP contribution in [0.3, 0.4) is 0 Å². The maximum atomic E-state index is 10.5. The van der Waals surface area contributed by atoms with Crippen LogP contribution in [-0.4, -0.2) is 45.8 Å². The van der Waals surface area contributed by atoms with Crippen LogP contribution in [-0.2, 0) is 14.4 Å². The average molecular weight is 219 g/mol. The second-order valence-corrected chi connectivity index (χ2v) is 3.14. The minimum Gasteiger partial charge on any atom is -0.481 e. The molecular formula is C8H13NO6. The number of carbonyl (C=O) groups is 3. The molecule has 0 aliphatic rings. The van der Waals surface area contributed by atoms with Crippen LogP contribution < -0.4 is 5.32 Å². The van der Waals surface area contributed by atoms with E-state index < -0.39 is 36.3 Å². The summed E-state index contributed by atoms with van der Waals surface area (Å²) in [5.41, 5.74) is 0. The topological polar surface area (TPSA) is 124 Å². The molecule has 0 aromatic heterocycles. The van der Waals surface area contributed by atoms with Crippen LogP contribution in [0.15, 0.2) is 0 Å². The van der Waals surface area contributed by atoms with Crippen molar-refractivity contribution in [3.05, 3.63) is 0 Å². The van der Waals surface area contributed by atoms with Gasteiger partial charge in [0.25, 0.3) is 0 Å². The number of rotatable bonds is 7. The Labute approximate surface area is 85.7 Å². The van der Waals surface area contributed by atoms with Crippen LogP contribution in [0.25, 0.3) is 0 Å².